The van der Waals surface area contributed by atoms with Crippen LogP contribution in [0.3, 0.4) is 0 Å². The fraction of sp³-hybridized carbons (Fsp3) is 0.208. The Balaban J connectivity index is 2.02. The zero-order chi connectivity index (χ0) is 22.4. The standard InChI is InChI=1S/C24H24ClN3O3/c1-5-10-28(6-2)21-11-16(3)27-24-17(21)8-7-9-23(24)31-14-19-18(22(29)15-30-4)12-26-13-20(19)25/h5-13H,2,14-15H2,1,3-4H3/b10-5-. The molecule has 2 aromatic heterocycles. The first-order valence-corrected chi connectivity index (χ1v) is 10.1. The molecule has 0 spiro atoms. The Bertz CT molecular complexity index is 1140. The van der Waals surface area contributed by atoms with Gasteiger partial charge < -0.3 is 14.4 Å². The lowest BCUT2D eigenvalue weighted by atomic mass is 10.1. The number of hydrogen-bond donors (Lipinski definition) is 0. The molecule has 0 radical (unpaired) electrons. The smallest absolute Gasteiger partial charge is 0.190 e. The number of carbonyl (C=O) groups excluding carboxylic acids is 1. The molecule has 0 fully saturated rings. The normalized spacial score (nSPS) is 11.1. The van der Waals surface area contributed by atoms with E-state index in [1.807, 2.05) is 55.3 Å². The van der Waals surface area contributed by atoms with E-state index in [1.165, 1.54) is 19.5 Å². The number of hydrogen-bond acceptors (Lipinski definition) is 6. The van der Waals surface area contributed by atoms with Crippen LogP contribution in [-0.2, 0) is 11.3 Å². The predicted octanol–water partition coefficient (Wildman–Crippen LogP) is 5.48. The molecule has 0 atom stereocenters. The summed E-state index contributed by atoms with van der Waals surface area (Å²) < 4.78 is 11.1. The van der Waals surface area contributed by atoms with Crippen LogP contribution in [0.2, 0.25) is 5.02 Å². The number of para-hydroxylation sites is 1. The third kappa shape index (κ3) is 4.93. The molecule has 0 aliphatic rings. The molecule has 6 nitrogen and oxygen atoms in total. The molecule has 0 saturated heterocycles. The maximum absolute atomic E-state index is 12.4. The van der Waals surface area contributed by atoms with Crippen LogP contribution in [0.4, 0.5) is 5.69 Å². The first kappa shape index (κ1) is 22.5. The molecule has 2 heterocycles. The number of rotatable bonds is 9. The van der Waals surface area contributed by atoms with Gasteiger partial charge >= 0.3 is 0 Å². The summed E-state index contributed by atoms with van der Waals surface area (Å²) in [5.74, 6) is 0.378. The van der Waals surface area contributed by atoms with Crippen LogP contribution in [0.1, 0.15) is 28.5 Å². The lowest BCUT2D eigenvalue weighted by Crippen LogP contribution is -2.13. The lowest BCUT2D eigenvalue weighted by molar-refractivity contribution is 0.0845. The number of ether oxygens (including phenoxy) is 2. The highest BCUT2D eigenvalue weighted by Crippen LogP contribution is 2.33. The van der Waals surface area contributed by atoms with Crippen LogP contribution in [0.25, 0.3) is 10.9 Å². The number of fused-ring (bicyclic) bond motifs is 1. The minimum Gasteiger partial charge on any atom is -0.487 e. The van der Waals surface area contributed by atoms with Crippen molar-refractivity contribution in [3.05, 3.63) is 83.6 Å². The molecule has 7 heteroatoms. The van der Waals surface area contributed by atoms with Crippen molar-refractivity contribution in [2.75, 3.05) is 18.6 Å². The van der Waals surface area contributed by atoms with Crippen LogP contribution in [0, 0.1) is 6.92 Å². The summed E-state index contributed by atoms with van der Waals surface area (Å²) in [6, 6.07) is 7.73. The summed E-state index contributed by atoms with van der Waals surface area (Å²) in [5.41, 5.74) is 3.44. The van der Waals surface area contributed by atoms with Crippen molar-refractivity contribution in [3.8, 4) is 5.75 Å². The summed E-state index contributed by atoms with van der Waals surface area (Å²) in [4.78, 5) is 23.0. The van der Waals surface area contributed by atoms with Gasteiger partial charge in [-0.1, -0.05) is 36.4 Å². The molecular weight excluding hydrogens is 414 g/mol. The van der Waals surface area contributed by atoms with E-state index in [0.717, 1.165) is 16.8 Å². The number of nitrogens with zero attached hydrogens (tertiary/aromatic N) is 3. The highest BCUT2D eigenvalue weighted by Gasteiger charge is 2.17. The van der Waals surface area contributed by atoms with Gasteiger partial charge in [0.25, 0.3) is 0 Å². The predicted molar refractivity (Wildman–Crippen MR) is 124 cm³/mol. The monoisotopic (exact) mass is 437 g/mol. The van der Waals surface area contributed by atoms with Gasteiger partial charge in [-0.2, -0.15) is 0 Å². The Labute approximate surface area is 186 Å². The van der Waals surface area contributed by atoms with Crippen molar-refractivity contribution in [2.24, 2.45) is 0 Å². The highest BCUT2D eigenvalue weighted by atomic mass is 35.5. The Kier molecular flexibility index (Phi) is 7.39. The van der Waals surface area contributed by atoms with Gasteiger partial charge in [0.05, 0.1) is 10.7 Å². The number of halogens is 1. The fourth-order valence-electron chi connectivity index (χ4n) is 3.27. The van der Waals surface area contributed by atoms with Crippen LogP contribution in [-0.4, -0.2) is 29.5 Å². The van der Waals surface area contributed by atoms with Crippen molar-refractivity contribution in [3.63, 3.8) is 0 Å². The van der Waals surface area contributed by atoms with E-state index in [-0.39, 0.29) is 19.0 Å². The van der Waals surface area contributed by atoms with Gasteiger partial charge in [-0.05, 0) is 26.0 Å². The largest absolute Gasteiger partial charge is 0.487 e. The zero-order valence-electron chi connectivity index (χ0n) is 17.8. The van der Waals surface area contributed by atoms with Crippen LogP contribution in [0.15, 0.2) is 61.7 Å². The van der Waals surface area contributed by atoms with Gasteiger partial charge in [-0.15, -0.1) is 0 Å². The van der Waals surface area contributed by atoms with Crippen molar-refractivity contribution in [1.82, 2.24) is 9.97 Å². The Morgan fingerprint density at radius 1 is 1.32 bits per heavy atom. The number of methoxy groups -OCH3 is 1. The summed E-state index contributed by atoms with van der Waals surface area (Å²) in [6.07, 6.45) is 8.58. The number of pyridine rings is 2. The number of ketones is 1. The lowest BCUT2D eigenvalue weighted by Gasteiger charge is -2.19. The molecule has 0 unspecified atom stereocenters. The van der Waals surface area contributed by atoms with Gasteiger partial charge in [-0.25, -0.2) is 4.98 Å². The minimum atomic E-state index is -0.210. The Hall–Kier alpha value is -3.22. The van der Waals surface area contributed by atoms with E-state index in [2.05, 4.69) is 11.6 Å². The molecule has 3 aromatic rings. The topological polar surface area (TPSA) is 64.5 Å². The highest BCUT2D eigenvalue weighted by molar-refractivity contribution is 6.31. The van der Waals surface area contributed by atoms with E-state index in [9.17, 15) is 4.79 Å². The number of benzene rings is 1. The van der Waals surface area contributed by atoms with Crippen molar-refractivity contribution >= 4 is 34.0 Å². The second kappa shape index (κ2) is 10.2. The minimum absolute atomic E-state index is 0.0598. The second-order valence-corrected chi connectivity index (χ2v) is 7.21. The van der Waals surface area contributed by atoms with E-state index >= 15 is 0 Å². The Morgan fingerprint density at radius 3 is 2.84 bits per heavy atom. The molecule has 0 amide bonds. The van der Waals surface area contributed by atoms with Crippen molar-refractivity contribution in [2.45, 2.75) is 20.5 Å². The van der Waals surface area contributed by atoms with Gasteiger partial charge in [0.1, 0.15) is 24.5 Å². The zero-order valence-corrected chi connectivity index (χ0v) is 18.5. The molecule has 0 aliphatic carbocycles. The maximum Gasteiger partial charge on any atom is 0.190 e. The Morgan fingerprint density at radius 2 is 2.13 bits per heavy atom. The number of anilines is 1. The molecule has 160 valence electrons. The van der Waals surface area contributed by atoms with E-state index < -0.39 is 0 Å². The fourth-order valence-corrected chi connectivity index (χ4v) is 3.48. The summed E-state index contributed by atoms with van der Waals surface area (Å²) in [7, 11) is 1.47. The molecule has 0 bridgehead atoms. The molecule has 0 aliphatic heterocycles. The van der Waals surface area contributed by atoms with Gasteiger partial charge in [0, 0.05) is 54.1 Å². The third-order valence-electron chi connectivity index (χ3n) is 4.65. The number of aryl methyl sites for hydroxylation is 1. The number of allylic oxidation sites excluding steroid dienone is 1. The number of carbonyl (C=O) groups is 1. The average Bonchev–Trinajstić information content (AvgIpc) is 2.76. The average molecular weight is 438 g/mol. The van der Waals surface area contributed by atoms with Crippen molar-refractivity contribution < 1.29 is 14.3 Å². The first-order valence-electron chi connectivity index (χ1n) is 9.71. The van der Waals surface area contributed by atoms with Crippen LogP contribution >= 0.6 is 11.6 Å². The van der Waals surface area contributed by atoms with Crippen LogP contribution < -0.4 is 9.64 Å². The van der Waals surface area contributed by atoms with Gasteiger partial charge in [0.2, 0.25) is 0 Å². The first-order chi connectivity index (χ1) is 15.0. The SMILES string of the molecule is C=CN(/C=C\C)c1cc(C)nc2c(OCc3c(Cl)cncc3C(=O)COC)cccc12. The summed E-state index contributed by atoms with van der Waals surface area (Å²) in [5, 5.41) is 1.27. The number of Topliss-reactive ketones (excluding diaryl/α,β-unsaturated/α-hetero) is 1. The molecular formula is C24H24ClN3O3. The van der Waals surface area contributed by atoms with Crippen LogP contribution in [0.5, 0.6) is 5.75 Å². The third-order valence-corrected chi connectivity index (χ3v) is 4.97. The second-order valence-electron chi connectivity index (χ2n) is 6.80. The summed E-state index contributed by atoms with van der Waals surface area (Å²) in [6.45, 7) is 7.81. The molecule has 3 rings (SSSR count). The van der Waals surface area contributed by atoms with Gasteiger partial charge in [0.15, 0.2) is 5.78 Å². The molecule has 1 aromatic carbocycles. The van der Waals surface area contributed by atoms with Crippen molar-refractivity contribution in [1.29, 1.82) is 0 Å². The van der Waals surface area contributed by atoms with E-state index in [1.54, 1.807) is 6.20 Å². The maximum atomic E-state index is 12.4. The molecule has 0 N–H and O–H groups in total. The van der Waals surface area contributed by atoms with E-state index in [0.29, 0.717) is 27.4 Å². The van der Waals surface area contributed by atoms with Gasteiger partial charge in [-0.3, -0.25) is 9.78 Å². The summed E-state index contributed by atoms with van der Waals surface area (Å²) >= 11 is 6.33. The molecule has 0 saturated carbocycles. The quantitative estimate of drug-likeness (QED) is 0.413. The molecule has 31 heavy (non-hydrogen) atoms. The number of aromatic nitrogens is 2. The van der Waals surface area contributed by atoms with E-state index in [4.69, 9.17) is 26.1 Å².